The Balaban J connectivity index is 1.51. The van der Waals surface area contributed by atoms with Gasteiger partial charge in [-0.05, 0) is 31.2 Å². The maximum absolute atomic E-state index is 5.97. The van der Waals surface area contributed by atoms with E-state index in [1.165, 1.54) is 0 Å². The molecule has 2 aromatic heterocycles. The van der Waals surface area contributed by atoms with Gasteiger partial charge in [0.1, 0.15) is 0 Å². The van der Waals surface area contributed by atoms with Crippen LogP contribution < -0.4 is 4.90 Å². The SMILES string of the molecule is CCN(C[C@@H]1CN(CCc2ccccn2)CCO1)c1cccnn1. The number of hydrogen-bond acceptors (Lipinski definition) is 6. The molecule has 6 heteroatoms. The van der Waals surface area contributed by atoms with Crippen molar-refractivity contribution in [2.45, 2.75) is 19.4 Å². The largest absolute Gasteiger partial charge is 0.374 e. The summed E-state index contributed by atoms with van der Waals surface area (Å²) in [5.41, 5.74) is 1.15. The van der Waals surface area contributed by atoms with Crippen molar-refractivity contribution in [1.29, 1.82) is 0 Å². The minimum Gasteiger partial charge on any atom is -0.374 e. The van der Waals surface area contributed by atoms with Gasteiger partial charge in [-0.1, -0.05) is 6.07 Å². The predicted octanol–water partition coefficient (Wildman–Crippen LogP) is 1.64. The van der Waals surface area contributed by atoms with Crippen molar-refractivity contribution in [2.24, 2.45) is 0 Å². The van der Waals surface area contributed by atoms with E-state index in [9.17, 15) is 0 Å². The Morgan fingerprint density at radius 3 is 2.96 bits per heavy atom. The number of pyridine rings is 1. The van der Waals surface area contributed by atoms with E-state index < -0.39 is 0 Å². The normalized spacial score (nSPS) is 18.5. The molecule has 6 nitrogen and oxygen atoms in total. The van der Waals surface area contributed by atoms with E-state index in [0.29, 0.717) is 0 Å². The Hall–Kier alpha value is -2.05. The summed E-state index contributed by atoms with van der Waals surface area (Å²) >= 11 is 0. The molecule has 0 N–H and O–H groups in total. The van der Waals surface area contributed by atoms with Crippen molar-refractivity contribution in [3.8, 4) is 0 Å². The van der Waals surface area contributed by atoms with Crippen LogP contribution >= 0.6 is 0 Å². The summed E-state index contributed by atoms with van der Waals surface area (Å²) in [6.07, 6.45) is 4.74. The number of ether oxygens (including phenoxy) is 1. The topological polar surface area (TPSA) is 54.4 Å². The Labute approximate surface area is 143 Å². The summed E-state index contributed by atoms with van der Waals surface area (Å²) < 4.78 is 5.97. The van der Waals surface area contributed by atoms with Crippen LogP contribution in [0.15, 0.2) is 42.7 Å². The van der Waals surface area contributed by atoms with Crippen LogP contribution in [0.25, 0.3) is 0 Å². The van der Waals surface area contributed by atoms with E-state index in [1.54, 1.807) is 6.20 Å². The first-order valence-electron chi connectivity index (χ1n) is 8.61. The van der Waals surface area contributed by atoms with Crippen LogP contribution in [-0.2, 0) is 11.2 Å². The quantitative estimate of drug-likeness (QED) is 0.771. The van der Waals surface area contributed by atoms with E-state index in [1.807, 2.05) is 30.5 Å². The standard InChI is InChI=1S/C18H25N5O/c1-2-23(18-7-5-10-20-21-18)15-17-14-22(12-13-24-17)11-8-16-6-3-4-9-19-16/h3-7,9-10,17H,2,8,11-15H2,1H3/t17-/m0/s1. The maximum atomic E-state index is 5.97. The van der Waals surface area contributed by atoms with Crippen molar-refractivity contribution in [1.82, 2.24) is 20.1 Å². The van der Waals surface area contributed by atoms with Gasteiger partial charge in [0, 0.05) is 57.2 Å². The summed E-state index contributed by atoms with van der Waals surface area (Å²) in [5, 5.41) is 8.18. The minimum atomic E-state index is 0.199. The molecule has 2 aromatic rings. The molecule has 0 aliphatic carbocycles. The smallest absolute Gasteiger partial charge is 0.151 e. The number of likely N-dealkylation sites (N-methyl/N-ethyl adjacent to an activating group) is 1. The lowest BCUT2D eigenvalue weighted by Crippen LogP contribution is -2.48. The monoisotopic (exact) mass is 327 g/mol. The molecule has 24 heavy (non-hydrogen) atoms. The molecule has 0 saturated carbocycles. The zero-order chi connectivity index (χ0) is 16.6. The van der Waals surface area contributed by atoms with Gasteiger partial charge in [0.05, 0.1) is 12.7 Å². The average molecular weight is 327 g/mol. The maximum Gasteiger partial charge on any atom is 0.151 e. The van der Waals surface area contributed by atoms with E-state index >= 15 is 0 Å². The lowest BCUT2D eigenvalue weighted by Gasteiger charge is -2.35. The second-order valence-corrected chi connectivity index (χ2v) is 5.98. The number of morpholine rings is 1. The second kappa shape index (κ2) is 8.70. The summed E-state index contributed by atoms with van der Waals surface area (Å²) in [6.45, 7) is 7.61. The third-order valence-corrected chi connectivity index (χ3v) is 4.32. The van der Waals surface area contributed by atoms with Gasteiger partial charge in [-0.2, -0.15) is 5.10 Å². The molecule has 0 bridgehead atoms. The predicted molar refractivity (Wildman–Crippen MR) is 94.0 cm³/mol. The Bertz CT molecular complexity index is 595. The first-order chi connectivity index (χ1) is 11.8. The van der Waals surface area contributed by atoms with Gasteiger partial charge in [-0.15, -0.1) is 5.10 Å². The van der Waals surface area contributed by atoms with Gasteiger partial charge in [-0.25, -0.2) is 0 Å². The molecule has 1 fully saturated rings. The van der Waals surface area contributed by atoms with E-state index in [4.69, 9.17) is 4.74 Å². The molecule has 1 aliphatic heterocycles. The van der Waals surface area contributed by atoms with Crippen LogP contribution in [0.1, 0.15) is 12.6 Å². The number of aromatic nitrogens is 3. The van der Waals surface area contributed by atoms with E-state index in [-0.39, 0.29) is 6.10 Å². The minimum absolute atomic E-state index is 0.199. The summed E-state index contributed by atoms with van der Waals surface area (Å²) in [6, 6.07) is 10.0. The molecule has 0 unspecified atom stereocenters. The van der Waals surface area contributed by atoms with Crippen LogP contribution in [-0.4, -0.2) is 65.5 Å². The van der Waals surface area contributed by atoms with Gasteiger partial charge in [0.25, 0.3) is 0 Å². The first kappa shape index (κ1) is 16.8. The van der Waals surface area contributed by atoms with Crippen LogP contribution in [0.3, 0.4) is 0 Å². The second-order valence-electron chi connectivity index (χ2n) is 5.98. The fourth-order valence-corrected chi connectivity index (χ4v) is 3.01. The van der Waals surface area contributed by atoms with E-state index in [0.717, 1.165) is 57.3 Å². The first-order valence-corrected chi connectivity index (χ1v) is 8.61. The highest BCUT2D eigenvalue weighted by atomic mass is 16.5. The fraction of sp³-hybridized carbons (Fsp3) is 0.500. The molecule has 3 heterocycles. The van der Waals surface area contributed by atoms with Crippen molar-refractivity contribution < 1.29 is 4.74 Å². The molecule has 1 atom stereocenters. The highest BCUT2D eigenvalue weighted by molar-refractivity contribution is 5.36. The lowest BCUT2D eigenvalue weighted by molar-refractivity contribution is -0.0235. The number of hydrogen-bond donors (Lipinski definition) is 0. The molecule has 1 aliphatic rings. The Morgan fingerprint density at radius 2 is 2.21 bits per heavy atom. The van der Waals surface area contributed by atoms with Crippen LogP contribution in [0.5, 0.6) is 0 Å². The van der Waals surface area contributed by atoms with Gasteiger partial charge >= 0.3 is 0 Å². The highest BCUT2D eigenvalue weighted by Crippen LogP contribution is 2.13. The Morgan fingerprint density at radius 1 is 1.25 bits per heavy atom. The fourth-order valence-electron chi connectivity index (χ4n) is 3.01. The molecule has 3 rings (SSSR count). The van der Waals surface area contributed by atoms with Gasteiger partial charge in [-0.3, -0.25) is 9.88 Å². The van der Waals surface area contributed by atoms with Crippen molar-refractivity contribution >= 4 is 5.82 Å². The van der Waals surface area contributed by atoms with Gasteiger partial charge < -0.3 is 9.64 Å². The van der Waals surface area contributed by atoms with Crippen molar-refractivity contribution in [2.75, 3.05) is 44.2 Å². The molecule has 128 valence electrons. The van der Waals surface area contributed by atoms with Crippen molar-refractivity contribution in [3.63, 3.8) is 0 Å². The molecule has 0 aromatic carbocycles. The highest BCUT2D eigenvalue weighted by Gasteiger charge is 2.22. The van der Waals surface area contributed by atoms with Gasteiger partial charge in [0.15, 0.2) is 5.82 Å². The average Bonchev–Trinajstić information content (AvgIpc) is 2.66. The van der Waals surface area contributed by atoms with Gasteiger partial charge in [0.2, 0.25) is 0 Å². The Kier molecular flexibility index (Phi) is 6.09. The molecule has 0 amide bonds. The zero-order valence-corrected chi connectivity index (χ0v) is 14.2. The van der Waals surface area contributed by atoms with Crippen LogP contribution in [0, 0.1) is 0 Å². The number of rotatable bonds is 7. The third-order valence-electron chi connectivity index (χ3n) is 4.32. The summed E-state index contributed by atoms with van der Waals surface area (Å²) in [7, 11) is 0. The molecule has 1 saturated heterocycles. The van der Waals surface area contributed by atoms with Crippen LogP contribution in [0.2, 0.25) is 0 Å². The van der Waals surface area contributed by atoms with E-state index in [2.05, 4.69) is 38.0 Å². The summed E-state index contributed by atoms with van der Waals surface area (Å²) in [4.78, 5) is 9.09. The van der Waals surface area contributed by atoms with Crippen LogP contribution in [0.4, 0.5) is 5.82 Å². The number of nitrogens with zero attached hydrogens (tertiary/aromatic N) is 5. The lowest BCUT2D eigenvalue weighted by atomic mass is 10.2. The molecular weight excluding hydrogens is 302 g/mol. The number of anilines is 1. The zero-order valence-electron chi connectivity index (χ0n) is 14.2. The van der Waals surface area contributed by atoms with Crippen molar-refractivity contribution in [3.05, 3.63) is 48.4 Å². The molecule has 0 radical (unpaired) electrons. The molecular formula is C18H25N5O. The third kappa shape index (κ3) is 4.72. The summed E-state index contributed by atoms with van der Waals surface area (Å²) in [5.74, 6) is 0.911. The molecule has 0 spiro atoms.